The molecule has 0 aromatic rings. The van der Waals surface area contributed by atoms with Gasteiger partial charge in [0.05, 0.1) is 6.61 Å². The molecule has 0 N–H and O–H groups in total. The molecule has 0 bridgehead atoms. The van der Waals surface area contributed by atoms with Crippen molar-refractivity contribution in [3.8, 4) is 0 Å². The van der Waals surface area contributed by atoms with Gasteiger partial charge in [0.25, 0.3) is 0 Å². The summed E-state index contributed by atoms with van der Waals surface area (Å²) < 4.78 is 4.81. The van der Waals surface area contributed by atoms with Crippen molar-refractivity contribution < 1.29 is 9.53 Å². The van der Waals surface area contributed by atoms with Crippen molar-refractivity contribution >= 4 is 43.7 Å². The Kier molecular flexibility index (Phi) is 15.8. The van der Waals surface area contributed by atoms with Gasteiger partial charge < -0.3 is 4.74 Å². The average molecular weight is 214 g/mol. The summed E-state index contributed by atoms with van der Waals surface area (Å²) in [5, 5.41) is 0. The molecule has 2 nitrogen and oxygen atoms in total. The van der Waals surface area contributed by atoms with Crippen LogP contribution in [0.15, 0.2) is 0 Å². The molecule has 0 spiro atoms. The summed E-state index contributed by atoms with van der Waals surface area (Å²) in [7, 11) is 0. The molecule has 0 fully saturated rings. The summed E-state index contributed by atoms with van der Waals surface area (Å²) in [4.78, 5) is 10.4. The number of carbonyl (C=O) groups excluding carboxylic acids is 1. The molecule has 3 heteroatoms. The summed E-state index contributed by atoms with van der Waals surface area (Å²) in [6, 6.07) is 0. The summed E-state index contributed by atoms with van der Waals surface area (Å²) in [6.07, 6.45) is 7.40. The van der Waals surface area contributed by atoms with Crippen LogP contribution >= 0.6 is 0 Å². The quantitative estimate of drug-likeness (QED) is 0.368. The fourth-order valence-corrected chi connectivity index (χ4v) is 1.10. The van der Waals surface area contributed by atoms with Crippen LogP contribution in [0.25, 0.3) is 0 Å². The minimum atomic E-state index is -0.163. The van der Waals surface area contributed by atoms with E-state index in [1.165, 1.54) is 39.0 Å². The predicted molar refractivity (Wildman–Crippen MR) is 58.6 cm³/mol. The molecule has 0 rings (SSSR count). The van der Waals surface area contributed by atoms with E-state index in [1.807, 2.05) is 0 Å². The van der Waals surface area contributed by atoms with Crippen LogP contribution < -0.4 is 0 Å². The third-order valence-electron chi connectivity index (χ3n) is 1.80. The van der Waals surface area contributed by atoms with E-state index in [1.54, 1.807) is 0 Å². The normalized spacial score (nSPS) is 9.08. The van der Waals surface area contributed by atoms with Crippen molar-refractivity contribution in [1.82, 2.24) is 0 Å². The first-order chi connectivity index (χ1) is 5.77. The summed E-state index contributed by atoms with van der Waals surface area (Å²) in [5.74, 6) is -0.163. The molecule has 0 saturated carbocycles. The third-order valence-corrected chi connectivity index (χ3v) is 1.80. The molecular weight excluding hydrogens is 192 g/mol. The number of carbonyl (C=O) groups is 1. The second-order valence-electron chi connectivity index (χ2n) is 3.11. The van der Waals surface area contributed by atoms with E-state index in [2.05, 4.69) is 6.92 Å². The molecule has 0 aliphatic carbocycles. The zero-order chi connectivity index (χ0) is 9.23. The summed E-state index contributed by atoms with van der Waals surface area (Å²) >= 11 is 0. The van der Waals surface area contributed by atoms with E-state index in [4.69, 9.17) is 4.74 Å². The molecule has 0 amide bonds. The molecule has 0 radical (unpaired) electrons. The van der Waals surface area contributed by atoms with Gasteiger partial charge in [-0.2, -0.15) is 0 Å². The number of hydrogen-bond acceptors (Lipinski definition) is 2. The molecule has 0 aliphatic rings. The predicted octanol–water partition coefficient (Wildman–Crippen LogP) is 1.99. The van der Waals surface area contributed by atoms with Crippen molar-refractivity contribution in [2.75, 3.05) is 6.61 Å². The van der Waals surface area contributed by atoms with Gasteiger partial charge in [0.2, 0.25) is 0 Å². The maximum absolute atomic E-state index is 10.4. The zero-order valence-electron chi connectivity index (χ0n) is 8.27. The Morgan fingerprint density at radius 1 is 1.08 bits per heavy atom. The Labute approximate surface area is 111 Å². The van der Waals surface area contributed by atoms with Crippen LogP contribution in [-0.4, -0.2) is 50.3 Å². The Hall–Kier alpha value is 0.730. The van der Waals surface area contributed by atoms with E-state index in [0.29, 0.717) is 6.61 Å². The average Bonchev–Trinajstić information content (AvgIpc) is 2.02. The molecule has 0 heterocycles. The Balaban J connectivity index is 0. The van der Waals surface area contributed by atoms with E-state index in [-0.39, 0.29) is 43.7 Å². The first-order valence-electron chi connectivity index (χ1n) is 4.90. The number of hydrogen-bond donors (Lipinski definition) is 0. The number of rotatable bonds is 7. The van der Waals surface area contributed by atoms with Crippen LogP contribution in [0.2, 0.25) is 0 Å². The molecule has 13 heavy (non-hydrogen) atoms. The van der Waals surface area contributed by atoms with E-state index >= 15 is 0 Å². The van der Waals surface area contributed by atoms with Gasteiger partial charge >= 0.3 is 43.7 Å². The van der Waals surface area contributed by atoms with Crippen LogP contribution in [0, 0.1) is 0 Å². The molecule has 0 unspecified atom stereocenters. The summed E-state index contributed by atoms with van der Waals surface area (Å²) in [6.45, 7) is 4.26. The molecule has 0 atom stereocenters. The van der Waals surface area contributed by atoms with Gasteiger partial charge in [0.15, 0.2) is 0 Å². The van der Waals surface area contributed by atoms with Gasteiger partial charge in [-0.25, -0.2) is 0 Å². The Morgan fingerprint density at radius 3 is 2.15 bits per heavy atom. The second kappa shape index (κ2) is 12.7. The van der Waals surface area contributed by atoms with Gasteiger partial charge in [-0.05, 0) is 6.42 Å². The molecule has 0 aromatic heterocycles. The van der Waals surface area contributed by atoms with Gasteiger partial charge in [0, 0.05) is 6.92 Å². The molecule has 0 aliphatic heterocycles. The van der Waals surface area contributed by atoms with Crippen molar-refractivity contribution in [2.24, 2.45) is 0 Å². The second-order valence-corrected chi connectivity index (χ2v) is 3.11. The van der Waals surface area contributed by atoms with Crippen molar-refractivity contribution in [3.05, 3.63) is 0 Å². The number of esters is 1. The van der Waals surface area contributed by atoms with Gasteiger partial charge in [-0.3, -0.25) is 4.79 Å². The van der Waals surface area contributed by atoms with Crippen LogP contribution in [0.3, 0.4) is 0 Å². The minimum absolute atomic E-state index is 0. The number of ether oxygens (including phenoxy) is 1. The van der Waals surface area contributed by atoms with Crippen LogP contribution in [-0.2, 0) is 9.53 Å². The Morgan fingerprint density at radius 2 is 1.62 bits per heavy atom. The van der Waals surface area contributed by atoms with Crippen molar-refractivity contribution in [1.29, 1.82) is 0 Å². The monoisotopic (exact) mass is 214 g/mol. The SMILES string of the molecule is CCCCCCCCOC(C)=O.[CaH2]. The zero-order valence-corrected chi connectivity index (χ0v) is 8.27. The van der Waals surface area contributed by atoms with Crippen LogP contribution in [0.4, 0.5) is 0 Å². The van der Waals surface area contributed by atoms with E-state index in [0.717, 1.165) is 6.42 Å². The van der Waals surface area contributed by atoms with Crippen molar-refractivity contribution in [2.45, 2.75) is 52.4 Å². The molecule has 0 saturated heterocycles. The van der Waals surface area contributed by atoms with Crippen LogP contribution in [0.5, 0.6) is 0 Å². The standard InChI is InChI=1S/C10H20O2.Ca.2H/c1-3-4-5-6-7-8-9-12-10(2)11;;;/h3-9H2,1-2H3;;;. The fourth-order valence-electron chi connectivity index (χ4n) is 1.10. The first-order valence-corrected chi connectivity index (χ1v) is 4.90. The topological polar surface area (TPSA) is 26.3 Å². The van der Waals surface area contributed by atoms with Crippen molar-refractivity contribution in [3.63, 3.8) is 0 Å². The maximum atomic E-state index is 10.4. The van der Waals surface area contributed by atoms with Gasteiger partial charge in [-0.15, -0.1) is 0 Å². The fraction of sp³-hybridized carbons (Fsp3) is 0.900. The Bertz CT molecular complexity index is 115. The van der Waals surface area contributed by atoms with E-state index in [9.17, 15) is 4.79 Å². The van der Waals surface area contributed by atoms with Gasteiger partial charge in [-0.1, -0.05) is 39.0 Å². The molecule has 0 aromatic carbocycles. The van der Waals surface area contributed by atoms with Gasteiger partial charge in [0.1, 0.15) is 0 Å². The van der Waals surface area contributed by atoms with Crippen LogP contribution in [0.1, 0.15) is 52.4 Å². The molecular formula is C10H22CaO2. The molecule has 76 valence electrons. The number of unbranched alkanes of at least 4 members (excludes halogenated alkanes) is 5. The first kappa shape index (κ1) is 16.2. The summed E-state index contributed by atoms with van der Waals surface area (Å²) in [5.41, 5.74) is 0. The third kappa shape index (κ3) is 15.5. The van der Waals surface area contributed by atoms with E-state index < -0.39 is 0 Å².